The molecule has 1 heterocycles. The van der Waals surface area contributed by atoms with Crippen LogP contribution in [0, 0.1) is 5.82 Å². The summed E-state index contributed by atoms with van der Waals surface area (Å²) in [6.45, 7) is 4.97. The largest absolute Gasteiger partial charge is 0.397 e. The first-order valence-electron chi connectivity index (χ1n) is 6.58. The molecule has 0 fully saturated rings. The van der Waals surface area contributed by atoms with E-state index in [1.165, 1.54) is 17.4 Å². The van der Waals surface area contributed by atoms with Crippen LogP contribution in [0.3, 0.4) is 0 Å². The Bertz CT molecular complexity index is 654. The van der Waals surface area contributed by atoms with Gasteiger partial charge in [-0.3, -0.25) is 4.79 Å². The standard InChI is InChI=1S/C15H17FN2O2S/c1-2-3-8-20-9-7-18-15(19)14-13(17)12-10(16)5-4-6-11(12)21-14/h2,4-6H,1,3,7-9,17H2,(H,18,19). The van der Waals surface area contributed by atoms with Gasteiger partial charge in [0.15, 0.2) is 0 Å². The number of amides is 1. The van der Waals surface area contributed by atoms with E-state index < -0.39 is 5.82 Å². The fourth-order valence-electron chi connectivity index (χ4n) is 1.88. The maximum Gasteiger partial charge on any atom is 0.263 e. The Labute approximate surface area is 126 Å². The van der Waals surface area contributed by atoms with Gasteiger partial charge in [0, 0.05) is 11.2 Å². The summed E-state index contributed by atoms with van der Waals surface area (Å²) < 4.78 is 19.7. The van der Waals surface area contributed by atoms with Crippen molar-refractivity contribution in [3.63, 3.8) is 0 Å². The SMILES string of the molecule is C=CCCOCCNC(=O)c1sc2cccc(F)c2c1N. The molecule has 2 rings (SSSR count). The first-order valence-corrected chi connectivity index (χ1v) is 7.40. The molecule has 112 valence electrons. The Balaban J connectivity index is 1.98. The van der Waals surface area contributed by atoms with Crippen LogP contribution in [0.25, 0.3) is 10.1 Å². The molecule has 0 aliphatic rings. The number of ether oxygens (including phenoxy) is 1. The molecule has 2 aromatic rings. The molecule has 21 heavy (non-hydrogen) atoms. The number of anilines is 1. The fourth-order valence-corrected chi connectivity index (χ4v) is 2.94. The number of rotatable bonds is 7. The van der Waals surface area contributed by atoms with Gasteiger partial charge in [-0.05, 0) is 18.6 Å². The van der Waals surface area contributed by atoms with Gasteiger partial charge in [0.05, 0.1) is 24.3 Å². The first kappa shape index (κ1) is 15.5. The summed E-state index contributed by atoms with van der Waals surface area (Å²) in [7, 11) is 0. The van der Waals surface area contributed by atoms with E-state index in [1.54, 1.807) is 18.2 Å². The van der Waals surface area contributed by atoms with Crippen molar-refractivity contribution >= 4 is 33.0 Å². The minimum atomic E-state index is -0.409. The van der Waals surface area contributed by atoms with Crippen LogP contribution in [-0.4, -0.2) is 25.7 Å². The second kappa shape index (κ2) is 7.19. The Hall–Kier alpha value is -1.92. The predicted molar refractivity (Wildman–Crippen MR) is 84.2 cm³/mol. The van der Waals surface area contributed by atoms with Crippen molar-refractivity contribution in [1.82, 2.24) is 5.32 Å². The van der Waals surface area contributed by atoms with E-state index in [9.17, 15) is 9.18 Å². The highest BCUT2D eigenvalue weighted by Gasteiger charge is 2.18. The van der Waals surface area contributed by atoms with Crippen molar-refractivity contribution in [2.45, 2.75) is 6.42 Å². The second-order valence-corrected chi connectivity index (χ2v) is 5.46. The molecular weight excluding hydrogens is 291 g/mol. The van der Waals surface area contributed by atoms with E-state index in [1.807, 2.05) is 0 Å². The van der Waals surface area contributed by atoms with Gasteiger partial charge < -0.3 is 15.8 Å². The number of hydrogen-bond donors (Lipinski definition) is 2. The number of nitrogens with two attached hydrogens (primary N) is 1. The Morgan fingerprint density at radius 3 is 3.00 bits per heavy atom. The minimum absolute atomic E-state index is 0.193. The van der Waals surface area contributed by atoms with Crippen molar-refractivity contribution in [3.05, 3.63) is 41.5 Å². The third-order valence-electron chi connectivity index (χ3n) is 2.91. The van der Waals surface area contributed by atoms with Crippen molar-refractivity contribution < 1.29 is 13.9 Å². The highest BCUT2D eigenvalue weighted by molar-refractivity contribution is 7.21. The van der Waals surface area contributed by atoms with E-state index in [0.717, 1.165) is 6.42 Å². The lowest BCUT2D eigenvalue weighted by Crippen LogP contribution is -2.27. The van der Waals surface area contributed by atoms with Crippen LogP contribution in [0.2, 0.25) is 0 Å². The zero-order chi connectivity index (χ0) is 15.2. The molecule has 0 spiro atoms. The highest BCUT2D eigenvalue weighted by Crippen LogP contribution is 2.35. The van der Waals surface area contributed by atoms with Crippen LogP contribution in [-0.2, 0) is 4.74 Å². The molecule has 0 unspecified atom stereocenters. The molecule has 4 nitrogen and oxygen atoms in total. The lowest BCUT2D eigenvalue weighted by molar-refractivity contribution is 0.0922. The normalized spacial score (nSPS) is 10.7. The molecule has 0 saturated heterocycles. The smallest absolute Gasteiger partial charge is 0.263 e. The Morgan fingerprint density at radius 2 is 2.29 bits per heavy atom. The summed E-state index contributed by atoms with van der Waals surface area (Å²) in [5, 5.41) is 3.03. The molecule has 0 bridgehead atoms. The third kappa shape index (κ3) is 3.59. The monoisotopic (exact) mass is 308 g/mol. The molecule has 0 aliphatic carbocycles. The third-order valence-corrected chi connectivity index (χ3v) is 4.08. The summed E-state index contributed by atoms with van der Waals surface area (Å²) in [5.41, 5.74) is 6.07. The number of thiophene rings is 1. The number of fused-ring (bicyclic) bond motifs is 1. The van der Waals surface area contributed by atoms with Crippen LogP contribution in [0.15, 0.2) is 30.9 Å². The number of benzene rings is 1. The van der Waals surface area contributed by atoms with Gasteiger partial charge in [0.1, 0.15) is 10.7 Å². The average Bonchev–Trinajstić information content (AvgIpc) is 2.81. The zero-order valence-electron chi connectivity index (χ0n) is 11.5. The van der Waals surface area contributed by atoms with Gasteiger partial charge in [-0.2, -0.15) is 0 Å². The Kier molecular flexibility index (Phi) is 5.30. The van der Waals surface area contributed by atoms with E-state index in [-0.39, 0.29) is 11.6 Å². The maximum atomic E-state index is 13.7. The number of nitrogens with one attached hydrogen (secondary N) is 1. The van der Waals surface area contributed by atoms with E-state index in [4.69, 9.17) is 10.5 Å². The van der Waals surface area contributed by atoms with Crippen molar-refractivity contribution in [3.8, 4) is 0 Å². The lowest BCUT2D eigenvalue weighted by Gasteiger charge is -2.05. The molecule has 1 amide bonds. The number of carbonyl (C=O) groups is 1. The minimum Gasteiger partial charge on any atom is -0.397 e. The molecule has 0 aliphatic heterocycles. The molecule has 1 aromatic carbocycles. The van der Waals surface area contributed by atoms with Crippen LogP contribution in [0.5, 0.6) is 0 Å². The van der Waals surface area contributed by atoms with Gasteiger partial charge in [0.2, 0.25) is 0 Å². The molecule has 3 N–H and O–H groups in total. The first-order chi connectivity index (χ1) is 10.1. The fraction of sp³-hybridized carbons (Fsp3) is 0.267. The van der Waals surface area contributed by atoms with Crippen LogP contribution in [0.4, 0.5) is 10.1 Å². The van der Waals surface area contributed by atoms with Gasteiger partial charge in [-0.1, -0.05) is 12.1 Å². The average molecular weight is 308 g/mol. The summed E-state index contributed by atoms with van der Waals surface area (Å²) in [6, 6.07) is 4.68. The highest BCUT2D eigenvalue weighted by atomic mass is 32.1. The van der Waals surface area contributed by atoms with Gasteiger partial charge in [-0.25, -0.2) is 4.39 Å². The summed E-state index contributed by atoms with van der Waals surface area (Å²) in [5.74, 6) is -0.714. The number of hydrogen-bond acceptors (Lipinski definition) is 4. The quantitative estimate of drug-likeness (QED) is 0.610. The van der Waals surface area contributed by atoms with Gasteiger partial charge in [0.25, 0.3) is 5.91 Å². The number of carbonyl (C=O) groups excluding carboxylic acids is 1. The lowest BCUT2D eigenvalue weighted by atomic mass is 10.2. The Morgan fingerprint density at radius 1 is 1.48 bits per heavy atom. The van der Waals surface area contributed by atoms with E-state index in [0.29, 0.717) is 34.7 Å². The van der Waals surface area contributed by atoms with Crippen molar-refractivity contribution in [1.29, 1.82) is 0 Å². The number of nitrogen functional groups attached to an aromatic ring is 1. The van der Waals surface area contributed by atoms with Gasteiger partial charge in [-0.15, -0.1) is 17.9 Å². The summed E-state index contributed by atoms with van der Waals surface area (Å²) in [4.78, 5) is 12.4. The molecular formula is C15H17FN2O2S. The molecule has 0 radical (unpaired) electrons. The molecule has 0 saturated carbocycles. The zero-order valence-corrected chi connectivity index (χ0v) is 12.3. The van der Waals surface area contributed by atoms with E-state index in [2.05, 4.69) is 11.9 Å². The van der Waals surface area contributed by atoms with Crippen molar-refractivity contribution in [2.75, 3.05) is 25.5 Å². The molecule has 0 atom stereocenters. The summed E-state index contributed by atoms with van der Waals surface area (Å²) >= 11 is 1.19. The van der Waals surface area contributed by atoms with E-state index >= 15 is 0 Å². The summed E-state index contributed by atoms with van der Waals surface area (Å²) in [6.07, 6.45) is 2.54. The van der Waals surface area contributed by atoms with Crippen molar-refractivity contribution in [2.24, 2.45) is 0 Å². The van der Waals surface area contributed by atoms with Crippen LogP contribution >= 0.6 is 11.3 Å². The second-order valence-electron chi connectivity index (χ2n) is 4.40. The molecule has 6 heteroatoms. The van der Waals surface area contributed by atoms with Crippen LogP contribution in [0.1, 0.15) is 16.1 Å². The topological polar surface area (TPSA) is 64.3 Å². The predicted octanol–water partition coefficient (Wildman–Crippen LogP) is 2.95. The van der Waals surface area contributed by atoms with Crippen LogP contribution < -0.4 is 11.1 Å². The van der Waals surface area contributed by atoms with Gasteiger partial charge >= 0.3 is 0 Å². The maximum absolute atomic E-state index is 13.7. The number of halogens is 1. The molecule has 1 aromatic heterocycles.